The minimum atomic E-state index is -0.0248. The third-order valence-electron chi connectivity index (χ3n) is 2.46. The molecule has 2 aromatic rings. The number of benzene rings is 1. The molecule has 2 rings (SSSR count). The summed E-state index contributed by atoms with van der Waals surface area (Å²) in [6.07, 6.45) is 2.95. The Labute approximate surface area is 124 Å². The summed E-state index contributed by atoms with van der Waals surface area (Å²) in [5, 5.41) is 19.7. The molecule has 5 nitrogen and oxygen atoms in total. The van der Waals surface area contributed by atoms with Gasteiger partial charge in [-0.2, -0.15) is 0 Å². The highest BCUT2D eigenvalue weighted by Crippen LogP contribution is 2.33. The lowest BCUT2D eigenvalue weighted by molar-refractivity contribution is 0.317. The number of phenols is 1. The van der Waals surface area contributed by atoms with Crippen molar-refractivity contribution in [2.45, 2.75) is 6.92 Å². The predicted molar refractivity (Wildman–Crippen MR) is 80.1 cm³/mol. The van der Waals surface area contributed by atoms with E-state index in [2.05, 4.69) is 25.9 Å². The summed E-state index contributed by atoms with van der Waals surface area (Å²) in [7, 11) is 0. The molecule has 0 aliphatic heterocycles. The van der Waals surface area contributed by atoms with Gasteiger partial charge in [-0.1, -0.05) is 15.9 Å². The Hall–Kier alpha value is -2.08. The van der Waals surface area contributed by atoms with Gasteiger partial charge in [-0.3, -0.25) is 0 Å². The van der Waals surface area contributed by atoms with Gasteiger partial charge in [-0.25, -0.2) is 9.98 Å². The predicted octanol–water partition coefficient (Wildman–Crippen LogP) is 3.40. The fourth-order valence-corrected chi connectivity index (χ4v) is 2.03. The van der Waals surface area contributed by atoms with E-state index in [-0.39, 0.29) is 17.3 Å². The molecule has 1 aromatic heterocycles. The Balaban J connectivity index is 2.36. The molecule has 0 saturated heterocycles. The van der Waals surface area contributed by atoms with E-state index in [1.54, 1.807) is 18.2 Å². The lowest BCUT2D eigenvalue weighted by Crippen LogP contribution is -1.94. The number of nitrogens with zero attached hydrogens (tertiary/aromatic N) is 2. The van der Waals surface area contributed by atoms with E-state index in [1.807, 2.05) is 6.92 Å². The van der Waals surface area contributed by atoms with Gasteiger partial charge in [0.05, 0.1) is 6.61 Å². The van der Waals surface area contributed by atoms with Crippen LogP contribution < -0.4 is 4.74 Å². The number of phenolic OH excluding ortho intramolecular Hbond substituents is 1. The van der Waals surface area contributed by atoms with Crippen molar-refractivity contribution in [3.05, 3.63) is 40.5 Å². The van der Waals surface area contributed by atoms with E-state index >= 15 is 0 Å². The molecule has 0 bridgehead atoms. The topological polar surface area (TPSA) is 74.9 Å². The standard InChI is InChI=1S/C14H13BrN2O3/c1-2-20-12-7-10(15)6-9(13(12)19)8-17-14-11(18)4-3-5-16-14/h3-8,18-19H,2H2,1H3. The number of pyridine rings is 1. The van der Waals surface area contributed by atoms with E-state index < -0.39 is 0 Å². The number of hydrogen-bond acceptors (Lipinski definition) is 5. The first kappa shape index (κ1) is 14.3. The summed E-state index contributed by atoms with van der Waals surface area (Å²) >= 11 is 3.34. The molecule has 0 fully saturated rings. The van der Waals surface area contributed by atoms with Gasteiger partial charge in [0.1, 0.15) is 0 Å². The first-order chi connectivity index (χ1) is 9.61. The first-order valence-corrected chi connectivity index (χ1v) is 6.74. The zero-order chi connectivity index (χ0) is 14.5. The van der Waals surface area contributed by atoms with E-state index in [0.29, 0.717) is 17.9 Å². The van der Waals surface area contributed by atoms with Crippen molar-refractivity contribution in [3.8, 4) is 17.2 Å². The molecule has 0 amide bonds. The second-order valence-corrected chi connectivity index (χ2v) is 4.79. The van der Waals surface area contributed by atoms with Crippen LogP contribution in [0.25, 0.3) is 0 Å². The van der Waals surface area contributed by atoms with Crippen LogP contribution in [0, 0.1) is 0 Å². The van der Waals surface area contributed by atoms with Gasteiger partial charge >= 0.3 is 0 Å². The normalized spacial score (nSPS) is 10.9. The van der Waals surface area contributed by atoms with Crippen molar-refractivity contribution in [1.29, 1.82) is 0 Å². The number of ether oxygens (including phenoxy) is 1. The van der Waals surface area contributed by atoms with E-state index in [9.17, 15) is 10.2 Å². The summed E-state index contributed by atoms with van der Waals surface area (Å²) in [6, 6.07) is 6.47. The molecule has 0 atom stereocenters. The van der Waals surface area contributed by atoms with Gasteiger partial charge in [0, 0.05) is 22.4 Å². The Morgan fingerprint density at radius 3 is 2.90 bits per heavy atom. The molecule has 1 heterocycles. The fraction of sp³-hybridized carbons (Fsp3) is 0.143. The maximum atomic E-state index is 10.1. The van der Waals surface area contributed by atoms with Crippen molar-refractivity contribution in [1.82, 2.24) is 4.98 Å². The molecule has 0 aliphatic rings. The van der Waals surface area contributed by atoms with Crippen molar-refractivity contribution < 1.29 is 14.9 Å². The van der Waals surface area contributed by atoms with Gasteiger partial charge in [0.2, 0.25) is 0 Å². The summed E-state index contributed by atoms with van der Waals surface area (Å²) in [5.41, 5.74) is 0.466. The summed E-state index contributed by atoms with van der Waals surface area (Å²) in [4.78, 5) is 7.99. The molecular weight excluding hydrogens is 324 g/mol. The number of aromatic nitrogens is 1. The molecule has 0 unspecified atom stereocenters. The van der Waals surface area contributed by atoms with Crippen LogP contribution in [0.15, 0.2) is 39.9 Å². The van der Waals surface area contributed by atoms with E-state index in [1.165, 1.54) is 18.5 Å². The number of halogens is 1. The molecule has 2 N–H and O–H groups in total. The maximum absolute atomic E-state index is 10.1. The van der Waals surface area contributed by atoms with Crippen LogP contribution in [-0.2, 0) is 0 Å². The Kier molecular flexibility index (Phi) is 4.57. The zero-order valence-corrected chi connectivity index (χ0v) is 12.3. The molecule has 0 spiro atoms. The molecule has 6 heteroatoms. The Morgan fingerprint density at radius 2 is 2.20 bits per heavy atom. The van der Waals surface area contributed by atoms with Crippen LogP contribution in [0.1, 0.15) is 12.5 Å². The zero-order valence-electron chi connectivity index (χ0n) is 10.7. The van der Waals surface area contributed by atoms with Crippen LogP contribution in [0.2, 0.25) is 0 Å². The molecule has 1 aromatic carbocycles. The average molecular weight is 337 g/mol. The Bertz CT molecular complexity index is 644. The van der Waals surface area contributed by atoms with E-state index in [0.717, 1.165) is 4.47 Å². The van der Waals surface area contributed by atoms with Crippen LogP contribution in [0.4, 0.5) is 5.82 Å². The summed E-state index contributed by atoms with van der Waals surface area (Å²) < 4.78 is 6.08. The first-order valence-electron chi connectivity index (χ1n) is 5.95. The minimum Gasteiger partial charge on any atom is -0.504 e. The van der Waals surface area contributed by atoms with E-state index in [4.69, 9.17) is 4.74 Å². The molecule has 104 valence electrons. The second kappa shape index (κ2) is 6.38. The number of rotatable bonds is 4. The lowest BCUT2D eigenvalue weighted by atomic mass is 10.2. The maximum Gasteiger partial charge on any atom is 0.194 e. The van der Waals surface area contributed by atoms with Crippen LogP contribution in [0.5, 0.6) is 17.2 Å². The van der Waals surface area contributed by atoms with Crippen molar-refractivity contribution in [2.75, 3.05) is 6.61 Å². The second-order valence-electron chi connectivity index (χ2n) is 3.88. The van der Waals surface area contributed by atoms with Crippen molar-refractivity contribution >= 4 is 28.0 Å². The van der Waals surface area contributed by atoms with Gasteiger partial charge in [-0.15, -0.1) is 0 Å². The average Bonchev–Trinajstić information content (AvgIpc) is 2.42. The molecule has 0 saturated carbocycles. The highest BCUT2D eigenvalue weighted by molar-refractivity contribution is 9.10. The van der Waals surface area contributed by atoms with Crippen LogP contribution in [-0.4, -0.2) is 28.0 Å². The summed E-state index contributed by atoms with van der Waals surface area (Å²) in [6.45, 7) is 2.28. The van der Waals surface area contributed by atoms with Gasteiger partial charge in [0.15, 0.2) is 23.1 Å². The van der Waals surface area contributed by atoms with Gasteiger partial charge in [0.25, 0.3) is 0 Å². The lowest BCUT2D eigenvalue weighted by Gasteiger charge is -2.08. The van der Waals surface area contributed by atoms with Gasteiger partial charge in [-0.05, 0) is 31.2 Å². The molecule has 0 radical (unpaired) electrons. The Morgan fingerprint density at radius 1 is 1.40 bits per heavy atom. The molecule has 20 heavy (non-hydrogen) atoms. The highest BCUT2D eigenvalue weighted by Gasteiger charge is 2.09. The quantitative estimate of drug-likeness (QED) is 0.839. The SMILES string of the molecule is CCOc1cc(Br)cc(C=Nc2ncccc2O)c1O. The largest absolute Gasteiger partial charge is 0.504 e. The highest BCUT2D eigenvalue weighted by atomic mass is 79.9. The number of hydrogen-bond donors (Lipinski definition) is 2. The third kappa shape index (κ3) is 3.27. The van der Waals surface area contributed by atoms with Crippen molar-refractivity contribution in [3.63, 3.8) is 0 Å². The molecular formula is C14H13BrN2O3. The number of aromatic hydroxyl groups is 2. The summed E-state index contributed by atoms with van der Waals surface area (Å²) in [5.74, 6) is 0.524. The van der Waals surface area contributed by atoms with Crippen LogP contribution in [0.3, 0.4) is 0 Å². The smallest absolute Gasteiger partial charge is 0.194 e. The fourth-order valence-electron chi connectivity index (χ4n) is 1.58. The van der Waals surface area contributed by atoms with Crippen LogP contribution >= 0.6 is 15.9 Å². The van der Waals surface area contributed by atoms with Crippen molar-refractivity contribution in [2.24, 2.45) is 4.99 Å². The monoisotopic (exact) mass is 336 g/mol. The molecule has 0 aliphatic carbocycles. The minimum absolute atomic E-state index is 0.00535. The number of aliphatic imine (C=N–C) groups is 1. The third-order valence-corrected chi connectivity index (χ3v) is 2.92. The van der Waals surface area contributed by atoms with Gasteiger partial charge < -0.3 is 14.9 Å².